The van der Waals surface area contributed by atoms with E-state index in [1.807, 2.05) is 0 Å². The summed E-state index contributed by atoms with van der Waals surface area (Å²) in [6, 6.07) is 0. The van der Waals surface area contributed by atoms with Gasteiger partial charge in [-0.1, -0.05) is 64.2 Å². The first kappa shape index (κ1) is 22.4. The Morgan fingerprint density at radius 1 is 0.783 bits per heavy atom. The van der Waals surface area contributed by atoms with Crippen LogP contribution < -0.4 is 0 Å². The molecule has 0 aliphatic rings. The molecule has 0 aromatic heterocycles. The van der Waals surface area contributed by atoms with E-state index < -0.39 is 12.1 Å². The number of carboxylic acids is 1. The molecule has 0 aromatic carbocycles. The predicted molar refractivity (Wildman–Crippen MR) is 91.6 cm³/mol. The average Bonchev–Trinajstić information content (AvgIpc) is 2.53. The van der Waals surface area contributed by atoms with Crippen LogP contribution in [0, 0.1) is 0 Å². The van der Waals surface area contributed by atoms with Crippen molar-refractivity contribution in [3.05, 3.63) is 0 Å². The van der Waals surface area contributed by atoms with Crippen molar-refractivity contribution < 1.29 is 24.9 Å². The van der Waals surface area contributed by atoms with Gasteiger partial charge in [0.1, 0.15) is 6.10 Å². The molecule has 0 bridgehead atoms. The van der Waals surface area contributed by atoms with Crippen LogP contribution >= 0.6 is 0 Å². The van der Waals surface area contributed by atoms with Gasteiger partial charge in [0.25, 0.3) is 0 Å². The number of carboxylic acid groups (broad SMARTS) is 1. The minimum absolute atomic E-state index is 0.229. The molecule has 0 aromatic rings. The molecule has 138 valence electrons. The third kappa shape index (κ3) is 19.3. The molecule has 5 heteroatoms. The molecule has 0 amide bonds. The molecule has 0 unspecified atom stereocenters. The van der Waals surface area contributed by atoms with E-state index in [2.05, 4.69) is 0 Å². The molecule has 0 saturated heterocycles. The molecule has 0 aliphatic carbocycles. The third-order valence-electron chi connectivity index (χ3n) is 3.95. The van der Waals surface area contributed by atoms with Crippen molar-refractivity contribution in [1.82, 2.24) is 0 Å². The summed E-state index contributed by atoms with van der Waals surface area (Å²) < 4.78 is 5.26. The summed E-state index contributed by atoms with van der Waals surface area (Å²) in [6.45, 7) is 0.661. The number of hydrogen-bond acceptors (Lipinski definition) is 4. The van der Waals surface area contributed by atoms with Gasteiger partial charge in [-0.15, -0.1) is 0 Å². The lowest BCUT2D eigenvalue weighted by molar-refractivity contribution is -0.137. The Morgan fingerprint density at radius 2 is 1.22 bits per heavy atom. The van der Waals surface area contributed by atoms with Gasteiger partial charge >= 0.3 is 5.97 Å². The van der Waals surface area contributed by atoms with Crippen LogP contribution in [0.4, 0.5) is 0 Å². The van der Waals surface area contributed by atoms with Crippen LogP contribution in [-0.4, -0.2) is 47.2 Å². The molecule has 0 fully saturated rings. The van der Waals surface area contributed by atoms with E-state index >= 15 is 0 Å². The molecule has 23 heavy (non-hydrogen) atoms. The fourth-order valence-electron chi connectivity index (χ4n) is 2.52. The minimum Gasteiger partial charge on any atom is -0.481 e. The van der Waals surface area contributed by atoms with E-state index in [1.54, 1.807) is 0 Å². The number of unbranched alkanes of at least 4 members (excludes halogenated alkanes) is 11. The number of hydrogen-bond donors (Lipinski definition) is 3. The minimum atomic E-state index is -0.743. The van der Waals surface area contributed by atoms with Gasteiger partial charge in [0.2, 0.25) is 0 Å². The van der Waals surface area contributed by atoms with Crippen LogP contribution in [0.15, 0.2) is 0 Å². The van der Waals surface area contributed by atoms with Crippen LogP contribution in [0.5, 0.6) is 0 Å². The van der Waals surface area contributed by atoms with Crippen molar-refractivity contribution in [2.45, 2.75) is 89.6 Å². The molecule has 5 nitrogen and oxygen atoms in total. The van der Waals surface area contributed by atoms with E-state index in [1.165, 1.54) is 51.4 Å². The van der Waals surface area contributed by atoms with Gasteiger partial charge in [-0.25, -0.2) is 0 Å². The largest absolute Gasteiger partial charge is 0.481 e. The van der Waals surface area contributed by atoms with Gasteiger partial charge in [0.05, 0.1) is 13.2 Å². The lowest BCUT2D eigenvalue weighted by Gasteiger charge is -2.08. The quantitative estimate of drug-likeness (QED) is 0.334. The van der Waals surface area contributed by atoms with Crippen LogP contribution in [0.2, 0.25) is 0 Å². The highest BCUT2D eigenvalue weighted by Gasteiger charge is 2.00. The highest BCUT2D eigenvalue weighted by molar-refractivity contribution is 5.66. The second-order valence-corrected chi connectivity index (χ2v) is 6.30. The normalized spacial score (nSPS) is 12.4. The molecule has 0 rings (SSSR count). The Bertz CT molecular complexity index is 258. The van der Waals surface area contributed by atoms with Gasteiger partial charge in [0, 0.05) is 13.0 Å². The van der Waals surface area contributed by atoms with Crippen molar-refractivity contribution >= 4 is 5.97 Å². The SMILES string of the molecule is O=C(O)CCCCCCCCCCCCCCOC[C@H](O)CO. The number of aliphatic hydroxyl groups is 2. The zero-order valence-corrected chi connectivity index (χ0v) is 14.5. The van der Waals surface area contributed by atoms with E-state index in [-0.39, 0.29) is 13.2 Å². The molecule has 1 atom stereocenters. The third-order valence-corrected chi connectivity index (χ3v) is 3.95. The Hall–Kier alpha value is -0.650. The first-order chi connectivity index (χ1) is 11.2. The number of carbonyl (C=O) groups is 1. The second-order valence-electron chi connectivity index (χ2n) is 6.30. The Balaban J connectivity index is 3.01. The summed E-state index contributed by atoms with van der Waals surface area (Å²) in [5.74, 6) is -0.681. The van der Waals surface area contributed by atoms with Gasteiger partial charge < -0.3 is 20.1 Å². The maximum absolute atomic E-state index is 10.3. The summed E-state index contributed by atoms with van der Waals surface area (Å²) in [6.07, 6.45) is 13.7. The average molecular weight is 332 g/mol. The molecule has 0 heterocycles. The predicted octanol–water partition coefficient (Wildman–Crippen LogP) is 3.51. The van der Waals surface area contributed by atoms with Crippen LogP contribution in [-0.2, 0) is 9.53 Å². The number of rotatable bonds is 18. The fourth-order valence-corrected chi connectivity index (χ4v) is 2.52. The van der Waals surface area contributed by atoms with E-state index in [9.17, 15) is 4.79 Å². The monoisotopic (exact) mass is 332 g/mol. The smallest absolute Gasteiger partial charge is 0.303 e. The Kier molecular flexibility index (Phi) is 17.2. The Labute approximate surface area is 141 Å². The van der Waals surface area contributed by atoms with Gasteiger partial charge in [-0.2, -0.15) is 0 Å². The molecular weight excluding hydrogens is 296 g/mol. The lowest BCUT2D eigenvalue weighted by atomic mass is 10.0. The second kappa shape index (κ2) is 17.7. The molecule has 3 N–H and O–H groups in total. The Morgan fingerprint density at radius 3 is 1.65 bits per heavy atom. The van der Waals surface area contributed by atoms with E-state index in [0.717, 1.165) is 25.7 Å². The summed E-state index contributed by atoms with van der Waals surface area (Å²) in [4.78, 5) is 10.3. The first-order valence-electron chi connectivity index (χ1n) is 9.25. The zero-order valence-electron chi connectivity index (χ0n) is 14.5. The fraction of sp³-hybridized carbons (Fsp3) is 0.944. The van der Waals surface area contributed by atoms with Crippen molar-refractivity contribution in [1.29, 1.82) is 0 Å². The zero-order chi connectivity index (χ0) is 17.2. The maximum atomic E-state index is 10.3. The molecule has 0 saturated carbocycles. The standard InChI is InChI=1S/C18H36O5/c19-15-17(20)16-23-14-12-10-8-6-4-2-1-3-5-7-9-11-13-18(21)22/h17,19-20H,1-16H2,(H,21,22)/t17-/m1/s1. The van der Waals surface area contributed by atoms with Crippen molar-refractivity contribution in [3.63, 3.8) is 0 Å². The summed E-state index contributed by atoms with van der Waals surface area (Å²) in [7, 11) is 0. The van der Waals surface area contributed by atoms with Gasteiger partial charge in [-0.3, -0.25) is 4.79 Å². The lowest BCUT2D eigenvalue weighted by Crippen LogP contribution is -2.19. The van der Waals surface area contributed by atoms with E-state index in [4.69, 9.17) is 20.1 Å². The van der Waals surface area contributed by atoms with Crippen LogP contribution in [0.1, 0.15) is 83.5 Å². The molecule has 0 aliphatic heterocycles. The molecular formula is C18H36O5. The number of ether oxygens (including phenoxy) is 1. The summed E-state index contributed by atoms with van der Waals surface area (Å²) in [5, 5.41) is 26.2. The van der Waals surface area contributed by atoms with Crippen molar-refractivity contribution in [3.8, 4) is 0 Å². The molecule has 0 spiro atoms. The number of aliphatic hydroxyl groups excluding tert-OH is 2. The van der Waals surface area contributed by atoms with Crippen LogP contribution in [0.3, 0.4) is 0 Å². The maximum Gasteiger partial charge on any atom is 0.303 e. The summed E-state index contributed by atoms with van der Waals surface area (Å²) >= 11 is 0. The van der Waals surface area contributed by atoms with Crippen molar-refractivity contribution in [2.75, 3.05) is 19.8 Å². The number of aliphatic carboxylic acids is 1. The van der Waals surface area contributed by atoms with Gasteiger partial charge in [0.15, 0.2) is 0 Å². The molecule has 0 radical (unpaired) electrons. The highest BCUT2D eigenvalue weighted by atomic mass is 16.5. The van der Waals surface area contributed by atoms with E-state index in [0.29, 0.717) is 13.0 Å². The first-order valence-corrected chi connectivity index (χ1v) is 9.25. The van der Waals surface area contributed by atoms with Crippen molar-refractivity contribution in [2.24, 2.45) is 0 Å². The highest BCUT2D eigenvalue weighted by Crippen LogP contribution is 2.12. The topological polar surface area (TPSA) is 87.0 Å². The van der Waals surface area contributed by atoms with Crippen LogP contribution in [0.25, 0.3) is 0 Å². The van der Waals surface area contributed by atoms with Gasteiger partial charge in [-0.05, 0) is 12.8 Å². The summed E-state index contributed by atoms with van der Waals surface area (Å²) in [5.41, 5.74) is 0.